The molecule has 0 radical (unpaired) electrons. The van der Waals surface area contributed by atoms with Gasteiger partial charge in [0.1, 0.15) is 0 Å². The first kappa shape index (κ1) is 19.4. The molecule has 4 nitrogen and oxygen atoms in total. The van der Waals surface area contributed by atoms with Crippen LogP contribution in [0, 0.1) is 3.95 Å². The van der Waals surface area contributed by atoms with Crippen LogP contribution in [0.3, 0.4) is 0 Å². The second kappa shape index (κ2) is 8.59. The van der Waals surface area contributed by atoms with E-state index in [4.69, 9.17) is 12.2 Å². The molecule has 7 heteroatoms. The third-order valence-corrected chi connectivity index (χ3v) is 7.40. The Morgan fingerprint density at radius 2 is 2.00 bits per heavy atom. The molecule has 0 aliphatic heterocycles. The SMILES string of the molecule is CN(C(=O)CSc1nn(-c2ccccc2)c(=S)s1)C1CCCc2ccccc21. The number of fused-ring (bicyclic) bond motifs is 1. The summed E-state index contributed by atoms with van der Waals surface area (Å²) < 4.78 is 3.27. The van der Waals surface area contributed by atoms with E-state index >= 15 is 0 Å². The van der Waals surface area contributed by atoms with Gasteiger partial charge in [0.25, 0.3) is 0 Å². The smallest absolute Gasteiger partial charge is 0.233 e. The molecule has 4 rings (SSSR count). The van der Waals surface area contributed by atoms with Crippen LogP contribution in [0.5, 0.6) is 0 Å². The maximum Gasteiger partial charge on any atom is 0.233 e. The first-order valence-corrected chi connectivity index (χ1v) is 11.5. The first-order valence-electron chi connectivity index (χ1n) is 9.25. The van der Waals surface area contributed by atoms with Crippen LogP contribution < -0.4 is 0 Å². The predicted molar refractivity (Wildman–Crippen MR) is 118 cm³/mol. The second-order valence-electron chi connectivity index (χ2n) is 6.78. The molecule has 144 valence electrons. The van der Waals surface area contributed by atoms with Crippen LogP contribution in [0.2, 0.25) is 0 Å². The van der Waals surface area contributed by atoms with Gasteiger partial charge in [-0.2, -0.15) is 0 Å². The van der Waals surface area contributed by atoms with E-state index in [9.17, 15) is 4.79 Å². The lowest BCUT2D eigenvalue weighted by Crippen LogP contribution is -2.34. The van der Waals surface area contributed by atoms with Crippen LogP contribution in [0.4, 0.5) is 0 Å². The molecule has 1 aromatic heterocycles. The molecule has 1 aliphatic rings. The minimum absolute atomic E-state index is 0.124. The Hall–Kier alpha value is -1.96. The zero-order chi connectivity index (χ0) is 19.5. The van der Waals surface area contributed by atoms with Crippen molar-refractivity contribution in [1.82, 2.24) is 14.7 Å². The lowest BCUT2D eigenvalue weighted by molar-refractivity contribution is -0.129. The lowest BCUT2D eigenvalue weighted by atomic mass is 9.87. The Balaban J connectivity index is 1.43. The van der Waals surface area contributed by atoms with E-state index in [1.54, 1.807) is 4.68 Å². The van der Waals surface area contributed by atoms with Crippen molar-refractivity contribution < 1.29 is 4.79 Å². The maximum absolute atomic E-state index is 12.8. The number of carbonyl (C=O) groups excluding carboxylic acids is 1. The molecule has 1 unspecified atom stereocenters. The zero-order valence-corrected chi connectivity index (χ0v) is 18.0. The van der Waals surface area contributed by atoms with Gasteiger partial charge in [0, 0.05) is 7.05 Å². The number of hydrogen-bond acceptors (Lipinski definition) is 5. The average Bonchev–Trinajstić information content (AvgIpc) is 3.12. The lowest BCUT2D eigenvalue weighted by Gasteiger charge is -2.33. The summed E-state index contributed by atoms with van der Waals surface area (Å²) in [5.74, 6) is 0.491. The van der Waals surface area contributed by atoms with Gasteiger partial charge in [0.05, 0.1) is 17.5 Å². The van der Waals surface area contributed by atoms with E-state index in [0.717, 1.165) is 29.3 Å². The molecule has 0 saturated heterocycles. The van der Waals surface area contributed by atoms with Crippen LogP contribution in [0.15, 0.2) is 58.9 Å². The monoisotopic (exact) mass is 427 g/mol. The van der Waals surface area contributed by atoms with Crippen molar-refractivity contribution in [1.29, 1.82) is 0 Å². The summed E-state index contributed by atoms with van der Waals surface area (Å²) in [6, 6.07) is 18.5. The molecule has 2 aromatic carbocycles. The number of benzene rings is 2. The molecule has 3 aromatic rings. The molecular formula is C21H21N3OS3. The highest BCUT2D eigenvalue weighted by Gasteiger charge is 2.26. The number of para-hydroxylation sites is 1. The van der Waals surface area contributed by atoms with E-state index in [0.29, 0.717) is 9.71 Å². The number of aryl methyl sites for hydroxylation is 1. The number of amides is 1. The van der Waals surface area contributed by atoms with Crippen LogP contribution in [-0.2, 0) is 11.2 Å². The first-order chi connectivity index (χ1) is 13.6. The Bertz CT molecular complexity index is 1030. The summed E-state index contributed by atoms with van der Waals surface area (Å²) in [4.78, 5) is 14.7. The van der Waals surface area contributed by atoms with Gasteiger partial charge in [-0.3, -0.25) is 4.79 Å². The van der Waals surface area contributed by atoms with Gasteiger partial charge in [-0.1, -0.05) is 65.6 Å². The van der Waals surface area contributed by atoms with Crippen LogP contribution >= 0.6 is 35.3 Å². The normalized spacial score (nSPS) is 15.8. The molecule has 28 heavy (non-hydrogen) atoms. The fourth-order valence-electron chi connectivity index (χ4n) is 3.58. The number of hydrogen-bond donors (Lipinski definition) is 0. The molecule has 0 N–H and O–H groups in total. The van der Waals surface area contributed by atoms with E-state index in [1.807, 2.05) is 42.3 Å². The average molecular weight is 428 g/mol. The molecule has 1 amide bonds. The van der Waals surface area contributed by atoms with Crippen molar-refractivity contribution in [3.05, 3.63) is 69.7 Å². The van der Waals surface area contributed by atoms with Gasteiger partial charge >= 0.3 is 0 Å². The number of carbonyl (C=O) groups is 1. The van der Waals surface area contributed by atoms with Crippen LogP contribution in [-0.4, -0.2) is 33.4 Å². The van der Waals surface area contributed by atoms with Gasteiger partial charge in [-0.25, -0.2) is 4.68 Å². The van der Waals surface area contributed by atoms with E-state index in [-0.39, 0.29) is 11.9 Å². The summed E-state index contributed by atoms with van der Waals surface area (Å²) in [7, 11) is 1.92. The van der Waals surface area contributed by atoms with Crippen LogP contribution in [0.25, 0.3) is 5.69 Å². The predicted octanol–water partition coefficient (Wildman–Crippen LogP) is 5.29. The van der Waals surface area contributed by atoms with Gasteiger partial charge in [-0.15, -0.1) is 5.10 Å². The van der Waals surface area contributed by atoms with Gasteiger partial charge < -0.3 is 4.90 Å². The number of nitrogens with zero attached hydrogens (tertiary/aromatic N) is 3. The highest BCUT2D eigenvalue weighted by atomic mass is 32.2. The Labute approximate surface area is 178 Å². The van der Waals surface area contributed by atoms with Crippen LogP contribution in [0.1, 0.15) is 30.0 Å². The third kappa shape index (κ3) is 4.06. The van der Waals surface area contributed by atoms with Gasteiger partial charge in [-0.05, 0) is 54.7 Å². The highest BCUT2D eigenvalue weighted by molar-refractivity contribution is 8.01. The molecule has 0 spiro atoms. The van der Waals surface area contributed by atoms with Crippen molar-refractivity contribution in [2.45, 2.75) is 29.6 Å². The van der Waals surface area contributed by atoms with Crippen molar-refractivity contribution in [3.8, 4) is 5.69 Å². The minimum atomic E-state index is 0.124. The van der Waals surface area contributed by atoms with E-state index < -0.39 is 0 Å². The molecule has 1 atom stereocenters. The van der Waals surface area contributed by atoms with Gasteiger partial charge in [0.15, 0.2) is 8.29 Å². The fourth-order valence-corrected chi connectivity index (χ4v) is 5.87. The van der Waals surface area contributed by atoms with Gasteiger partial charge in [0.2, 0.25) is 5.91 Å². The van der Waals surface area contributed by atoms with E-state index in [2.05, 4.69) is 29.4 Å². The number of thioether (sulfide) groups is 1. The Morgan fingerprint density at radius 3 is 2.82 bits per heavy atom. The third-order valence-electron chi connectivity index (χ3n) is 5.05. The van der Waals surface area contributed by atoms with Crippen molar-refractivity contribution in [2.24, 2.45) is 0 Å². The maximum atomic E-state index is 12.8. The highest BCUT2D eigenvalue weighted by Crippen LogP contribution is 2.34. The van der Waals surface area contributed by atoms with Crippen molar-refractivity contribution in [3.63, 3.8) is 0 Å². The largest absolute Gasteiger partial charge is 0.338 e. The molecule has 0 saturated carbocycles. The Morgan fingerprint density at radius 1 is 1.25 bits per heavy atom. The topological polar surface area (TPSA) is 38.1 Å². The Kier molecular flexibility index (Phi) is 5.94. The number of rotatable bonds is 5. The minimum Gasteiger partial charge on any atom is -0.338 e. The molecule has 1 aliphatic carbocycles. The quantitative estimate of drug-likeness (QED) is 0.409. The summed E-state index contributed by atoms with van der Waals surface area (Å²) in [6.07, 6.45) is 3.24. The molecule has 0 fully saturated rings. The molecule has 0 bridgehead atoms. The standard InChI is InChI=1S/C21H21N3OS3/c1-23(18-13-7-9-15-8-5-6-12-17(15)18)19(25)14-27-20-22-24(21(26)28-20)16-10-3-2-4-11-16/h2-6,8,10-12,18H,7,9,13-14H2,1H3. The summed E-state index contributed by atoms with van der Waals surface area (Å²) >= 11 is 8.35. The summed E-state index contributed by atoms with van der Waals surface area (Å²) in [5.41, 5.74) is 3.60. The van der Waals surface area contributed by atoms with Crippen molar-refractivity contribution in [2.75, 3.05) is 12.8 Å². The van der Waals surface area contributed by atoms with E-state index in [1.165, 1.54) is 34.2 Å². The second-order valence-corrected chi connectivity index (χ2v) is 9.63. The summed E-state index contributed by atoms with van der Waals surface area (Å²) in [6.45, 7) is 0. The van der Waals surface area contributed by atoms with Crippen molar-refractivity contribution >= 4 is 41.2 Å². The molecular weight excluding hydrogens is 406 g/mol. The summed E-state index contributed by atoms with van der Waals surface area (Å²) in [5, 5.41) is 4.58. The fraction of sp³-hybridized carbons (Fsp3) is 0.286. The number of aromatic nitrogens is 2. The molecule has 1 heterocycles. The zero-order valence-electron chi connectivity index (χ0n) is 15.6.